The van der Waals surface area contributed by atoms with E-state index in [9.17, 15) is 0 Å². The van der Waals surface area contributed by atoms with Crippen LogP contribution in [0.4, 0.5) is 0 Å². The van der Waals surface area contributed by atoms with Crippen LogP contribution in [0.3, 0.4) is 0 Å². The lowest BCUT2D eigenvalue weighted by Gasteiger charge is -2.24. The molecule has 0 radical (unpaired) electrons. The maximum Gasteiger partial charge on any atom is 0.123 e. The topological polar surface area (TPSA) is 53.0 Å². The van der Waals surface area contributed by atoms with Crippen LogP contribution in [0.2, 0.25) is 0 Å². The van der Waals surface area contributed by atoms with Crippen molar-refractivity contribution in [1.29, 1.82) is 0 Å². The van der Waals surface area contributed by atoms with E-state index in [-0.39, 0.29) is 0 Å². The Kier molecular flexibility index (Phi) is 5.25. The predicted molar refractivity (Wildman–Crippen MR) is 127 cm³/mol. The summed E-state index contributed by atoms with van der Waals surface area (Å²) in [4.78, 5) is 8.86. The van der Waals surface area contributed by atoms with Gasteiger partial charge >= 0.3 is 0 Å². The lowest BCUT2D eigenvalue weighted by molar-refractivity contribution is 0.220. The van der Waals surface area contributed by atoms with Crippen molar-refractivity contribution in [2.75, 3.05) is 26.2 Å². The molecule has 2 aromatic carbocycles. The van der Waals surface area contributed by atoms with Crippen LogP contribution in [-0.2, 0) is 13.0 Å². The van der Waals surface area contributed by atoms with Crippen molar-refractivity contribution in [3.05, 3.63) is 78.5 Å². The molecule has 2 saturated heterocycles. The summed E-state index contributed by atoms with van der Waals surface area (Å²) in [5.41, 5.74) is 5.15. The average molecular weight is 427 g/mol. The Balaban J connectivity index is 1.07. The van der Waals surface area contributed by atoms with Crippen LogP contribution >= 0.6 is 0 Å². The van der Waals surface area contributed by atoms with Gasteiger partial charge < -0.3 is 4.98 Å². The van der Waals surface area contributed by atoms with Crippen molar-refractivity contribution in [3.63, 3.8) is 0 Å². The fourth-order valence-electron chi connectivity index (χ4n) is 5.73. The third-order valence-electron chi connectivity index (χ3n) is 7.35. The van der Waals surface area contributed by atoms with E-state index in [1.165, 1.54) is 61.1 Å². The molecule has 2 aliphatic rings. The summed E-state index contributed by atoms with van der Waals surface area (Å²) in [6, 6.07) is 18.2. The summed E-state index contributed by atoms with van der Waals surface area (Å²) in [6.07, 6.45) is 9.34. The summed E-state index contributed by atoms with van der Waals surface area (Å²) >= 11 is 0. The summed E-state index contributed by atoms with van der Waals surface area (Å²) in [5.74, 6) is 0.846. The highest BCUT2D eigenvalue weighted by molar-refractivity contribution is 5.85. The van der Waals surface area contributed by atoms with Crippen molar-refractivity contribution in [3.8, 4) is 5.69 Å². The van der Waals surface area contributed by atoms with Crippen LogP contribution in [0, 0.1) is 5.92 Å². The minimum atomic E-state index is 0.738. The molecular formula is C26H30N6. The number of likely N-dealkylation sites (tertiary alicyclic amines) is 2. The highest BCUT2D eigenvalue weighted by Gasteiger charge is 2.40. The predicted octanol–water partition coefficient (Wildman–Crippen LogP) is 3.89. The Hall–Kier alpha value is -2.96. The van der Waals surface area contributed by atoms with E-state index in [0.717, 1.165) is 30.6 Å². The average Bonchev–Trinajstić information content (AvgIpc) is 3.60. The van der Waals surface area contributed by atoms with Gasteiger partial charge in [0.1, 0.15) is 12.7 Å². The van der Waals surface area contributed by atoms with Crippen molar-refractivity contribution in [2.24, 2.45) is 5.92 Å². The molecule has 4 aromatic rings. The maximum atomic E-state index is 3.93. The number of nitrogens with one attached hydrogen (secondary N) is 1. The molecule has 0 bridgehead atoms. The van der Waals surface area contributed by atoms with Gasteiger partial charge in [-0.05, 0) is 67.6 Å². The van der Waals surface area contributed by atoms with Gasteiger partial charge in [0.05, 0.1) is 0 Å². The molecule has 164 valence electrons. The number of aromatic nitrogens is 4. The minimum absolute atomic E-state index is 0.738. The molecular weight excluding hydrogens is 396 g/mol. The van der Waals surface area contributed by atoms with Crippen LogP contribution in [0.25, 0.3) is 16.6 Å². The number of H-pyrrole nitrogens is 1. The van der Waals surface area contributed by atoms with E-state index in [4.69, 9.17) is 0 Å². The summed E-state index contributed by atoms with van der Waals surface area (Å²) in [7, 11) is 0. The second-order valence-corrected chi connectivity index (χ2v) is 9.35. The standard InChI is InChI=1S/C26H30N6/c1-2-5-20(6-3-1)15-30-16-22-10-12-31(26(22)17-30)11-4-7-21-14-27-25-9-8-23(13-24(21)25)32-18-28-29-19-32/h1-3,5-6,8-9,13-14,18-19,22,26-27H,4,7,10-12,15-17H2/t22-,26+/m0/s1. The lowest BCUT2D eigenvalue weighted by atomic mass is 10.0. The summed E-state index contributed by atoms with van der Waals surface area (Å²) in [6.45, 7) is 6.02. The normalized spacial score (nSPS) is 21.5. The Morgan fingerprint density at radius 2 is 1.88 bits per heavy atom. The zero-order chi connectivity index (χ0) is 21.3. The van der Waals surface area contributed by atoms with Gasteiger partial charge in [0, 0.05) is 48.5 Å². The first-order chi connectivity index (χ1) is 15.8. The van der Waals surface area contributed by atoms with E-state index in [1.807, 2.05) is 4.57 Å². The van der Waals surface area contributed by atoms with Crippen LogP contribution < -0.4 is 0 Å². The number of hydrogen-bond donors (Lipinski definition) is 1. The van der Waals surface area contributed by atoms with E-state index in [2.05, 4.69) is 79.7 Å². The Bertz CT molecular complexity index is 1170. The molecule has 0 spiro atoms. The van der Waals surface area contributed by atoms with Crippen LogP contribution in [-0.4, -0.2) is 61.8 Å². The van der Waals surface area contributed by atoms with E-state index < -0.39 is 0 Å². The van der Waals surface area contributed by atoms with Crippen molar-refractivity contribution in [2.45, 2.75) is 31.8 Å². The number of rotatable bonds is 7. The van der Waals surface area contributed by atoms with Gasteiger partial charge in [-0.15, -0.1) is 10.2 Å². The molecule has 0 aliphatic carbocycles. The third kappa shape index (κ3) is 3.85. The Morgan fingerprint density at radius 3 is 2.75 bits per heavy atom. The molecule has 0 amide bonds. The number of fused-ring (bicyclic) bond motifs is 2. The van der Waals surface area contributed by atoms with Gasteiger partial charge in [0.15, 0.2) is 0 Å². The molecule has 2 aliphatic heterocycles. The highest BCUT2D eigenvalue weighted by Crippen LogP contribution is 2.32. The second kappa shape index (κ2) is 8.52. The minimum Gasteiger partial charge on any atom is -0.361 e. The molecule has 0 saturated carbocycles. The Labute approximate surface area is 188 Å². The van der Waals surface area contributed by atoms with Crippen molar-refractivity contribution < 1.29 is 0 Å². The SMILES string of the molecule is c1ccc(CN2C[C@@H]3CCN(CCCc4c[nH]c5ccc(-n6cnnc6)cc45)[C@@H]3C2)cc1. The first-order valence-electron chi connectivity index (χ1n) is 11.8. The number of nitrogens with zero attached hydrogens (tertiary/aromatic N) is 5. The number of aromatic amines is 1. The van der Waals surface area contributed by atoms with Crippen LogP contribution in [0.5, 0.6) is 0 Å². The molecule has 6 rings (SSSR count). The molecule has 1 N–H and O–H groups in total. The monoisotopic (exact) mass is 426 g/mol. The van der Waals surface area contributed by atoms with Gasteiger partial charge in [0.25, 0.3) is 0 Å². The van der Waals surface area contributed by atoms with Gasteiger partial charge in [-0.1, -0.05) is 30.3 Å². The van der Waals surface area contributed by atoms with Gasteiger partial charge in [-0.2, -0.15) is 0 Å². The fraction of sp³-hybridized carbons (Fsp3) is 0.385. The smallest absolute Gasteiger partial charge is 0.123 e. The molecule has 2 atom stereocenters. The maximum absolute atomic E-state index is 3.93. The first kappa shape index (κ1) is 19.7. The van der Waals surface area contributed by atoms with Gasteiger partial charge in [-0.25, -0.2) is 0 Å². The van der Waals surface area contributed by atoms with Crippen molar-refractivity contribution in [1.82, 2.24) is 29.5 Å². The van der Waals surface area contributed by atoms with Crippen molar-refractivity contribution >= 4 is 10.9 Å². The largest absolute Gasteiger partial charge is 0.361 e. The van der Waals surface area contributed by atoms with Gasteiger partial charge in [-0.3, -0.25) is 14.4 Å². The number of hydrogen-bond acceptors (Lipinski definition) is 4. The fourth-order valence-corrected chi connectivity index (χ4v) is 5.73. The van der Waals surface area contributed by atoms with E-state index >= 15 is 0 Å². The van der Waals surface area contributed by atoms with Crippen LogP contribution in [0.1, 0.15) is 24.0 Å². The second-order valence-electron chi connectivity index (χ2n) is 9.35. The van der Waals surface area contributed by atoms with Gasteiger partial charge in [0.2, 0.25) is 0 Å². The zero-order valence-electron chi connectivity index (χ0n) is 18.4. The summed E-state index contributed by atoms with van der Waals surface area (Å²) in [5, 5.41) is 9.18. The third-order valence-corrected chi connectivity index (χ3v) is 7.35. The van der Waals surface area contributed by atoms with E-state index in [0.29, 0.717) is 0 Å². The molecule has 2 aromatic heterocycles. The molecule has 6 nitrogen and oxygen atoms in total. The first-order valence-corrected chi connectivity index (χ1v) is 11.8. The quantitative estimate of drug-likeness (QED) is 0.487. The molecule has 6 heteroatoms. The van der Waals surface area contributed by atoms with Crippen LogP contribution in [0.15, 0.2) is 67.4 Å². The number of benzene rings is 2. The zero-order valence-corrected chi connectivity index (χ0v) is 18.4. The molecule has 4 heterocycles. The number of aryl methyl sites for hydroxylation is 1. The molecule has 2 fully saturated rings. The molecule has 32 heavy (non-hydrogen) atoms. The highest BCUT2D eigenvalue weighted by atomic mass is 15.3. The summed E-state index contributed by atoms with van der Waals surface area (Å²) < 4.78 is 1.96. The molecule has 0 unspecified atom stereocenters. The lowest BCUT2D eigenvalue weighted by Crippen LogP contribution is -2.35. The Morgan fingerprint density at radius 1 is 1.00 bits per heavy atom. The van der Waals surface area contributed by atoms with E-state index in [1.54, 1.807) is 12.7 Å².